The van der Waals surface area contributed by atoms with Crippen molar-refractivity contribution in [2.24, 2.45) is 5.41 Å². The SMILES string of the molecule is [CH]1NCC12CCCC2. The van der Waals surface area contributed by atoms with E-state index in [-0.39, 0.29) is 0 Å². The molecule has 1 nitrogen and oxygen atoms in total. The van der Waals surface area contributed by atoms with Gasteiger partial charge in [-0.3, -0.25) is 0 Å². The summed E-state index contributed by atoms with van der Waals surface area (Å²) < 4.78 is 0. The molecule has 1 aliphatic heterocycles. The van der Waals surface area contributed by atoms with Crippen LogP contribution in [0.3, 0.4) is 0 Å². The highest BCUT2D eigenvalue weighted by Crippen LogP contribution is 2.43. The summed E-state index contributed by atoms with van der Waals surface area (Å²) in [6.07, 6.45) is 5.80. The minimum Gasteiger partial charge on any atom is -0.311 e. The Kier molecular flexibility index (Phi) is 0.884. The van der Waals surface area contributed by atoms with Gasteiger partial charge in [-0.05, 0) is 18.3 Å². The second-order valence-corrected chi connectivity index (χ2v) is 3.09. The van der Waals surface area contributed by atoms with Gasteiger partial charge in [-0.2, -0.15) is 0 Å². The lowest BCUT2D eigenvalue weighted by Crippen LogP contribution is -2.46. The lowest BCUT2D eigenvalue weighted by atomic mass is 9.80. The van der Waals surface area contributed by atoms with Crippen LogP contribution in [0.5, 0.6) is 0 Å². The predicted molar refractivity (Wildman–Crippen MR) is 33.2 cm³/mol. The third-order valence-corrected chi connectivity index (χ3v) is 2.46. The fraction of sp³-hybridized carbons (Fsp3) is 0.857. The highest BCUT2D eigenvalue weighted by Gasteiger charge is 2.39. The van der Waals surface area contributed by atoms with E-state index in [1.165, 1.54) is 32.2 Å². The van der Waals surface area contributed by atoms with Gasteiger partial charge in [0.25, 0.3) is 0 Å². The fourth-order valence-electron chi connectivity index (χ4n) is 1.79. The molecule has 1 radical (unpaired) electrons. The first-order valence-corrected chi connectivity index (χ1v) is 3.49. The van der Waals surface area contributed by atoms with Gasteiger partial charge in [-0.25, -0.2) is 0 Å². The first-order valence-electron chi connectivity index (χ1n) is 3.49. The molecular weight excluding hydrogens is 98.1 g/mol. The lowest BCUT2D eigenvalue weighted by Gasteiger charge is -2.38. The van der Waals surface area contributed by atoms with Gasteiger partial charge in [-0.15, -0.1) is 0 Å². The first-order chi connectivity index (χ1) is 3.91. The molecule has 2 fully saturated rings. The molecule has 2 aliphatic rings. The Balaban J connectivity index is 2.01. The van der Waals surface area contributed by atoms with E-state index in [4.69, 9.17) is 0 Å². The van der Waals surface area contributed by atoms with E-state index in [0.717, 1.165) is 0 Å². The maximum Gasteiger partial charge on any atom is 0.0295 e. The minimum atomic E-state index is 0.681. The van der Waals surface area contributed by atoms with Gasteiger partial charge in [0.15, 0.2) is 0 Å². The number of rotatable bonds is 0. The van der Waals surface area contributed by atoms with Gasteiger partial charge in [0.2, 0.25) is 0 Å². The van der Waals surface area contributed by atoms with Crippen LogP contribution in [0.15, 0.2) is 0 Å². The average molecular weight is 110 g/mol. The molecule has 2 rings (SSSR count). The summed E-state index contributed by atoms with van der Waals surface area (Å²) in [5.41, 5.74) is 0.681. The average Bonchev–Trinajstić information content (AvgIpc) is 2.07. The predicted octanol–water partition coefficient (Wildman–Crippen LogP) is 1.31. The summed E-state index contributed by atoms with van der Waals surface area (Å²) >= 11 is 0. The van der Waals surface area contributed by atoms with Crippen LogP contribution in [0.2, 0.25) is 0 Å². The van der Waals surface area contributed by atoms with Crippen molar-refractivity contribution < 1.29 is 0 Å². The molecule has 1 heterocycles. The van der Waals surface area contributed by atoms with E-state index >= 15 is 0 Å². The van der Waals surface area contributed by atoms with Crippen LogP contribution in [0.25, 0.3) is 0 Å². The zero-order valence-electron chi connectivity index (χ0n) is 5.11. The molecule has 0 aromatic rings. The summed E-state index contributed by atoms with van der Waals surface area (Å²) in [4.78, 5) is 0. The molecule has 1 N–H and O–H groups in total. The van der Waals surface area contributed by atoms with Gasteiger partial charge < -0.3 is 5.32 Å². The van der Waals surface area contributed by atoms with Crippen LogP contribution in [0.1, 0.15) is 25.7 Å². The van der Waals surface area contributed by atoms with Gasteiger partial charge in [0, 0.05) is 13.1 Å². The third kappa shape index (κ3) is 0.510. The molecule has 1 heteroatoms. The second kappa shape index (κ2) is 1.47. The summed E-state index contributed by atoms with van der Waals surface area (Å²) in [6, 6.07) is 0. The zero-order chi connectivity index (χ0) is 5.45. The molecule has 0 aromatic heterocycles. The minimum absolute atomic E-state index is 0.681. The van der Waals surface area contributed by atoms with Gasteiger partial charge >= 0.3 is 0 Å². The van der Waals surface area contributed by atoms with Gasteiger partial charge in [0.1, 0.15) is 0 Å². The Labute approximate surface area is 50.5 Å². The third-order valence-electron chi connectivity index (χ3n) is 2.46. The Morgan fingerprint density at radius 3 is 2.12 bits per heavy atom. The monoisotopic (exact) mass is 110 g/mol. The lowest BCUT2D eigenvalue weighted by molar-refractivity contribution is 0.240. The fourth-order valence-corrected chi connectivity index (χ4v) is 1.79. The Bertz CT molecular complexity index is 86.6. The normalized spacial score (nSPS) is 33.0. The molecule has 1 aliphatic carbocycles. The molecule has 0 atom stereocenters. The molecular formula is C7H12N. The molecule has 1 saturated heterocycles. The largest absolute Gasteiger partial charge is 0.311 e. The van der Waals surface area contributed by atoms with E-state index in [1.54, 1.807) is 0 Å². The molecule has 0 aromatic carbocycles. The van der Waals surface area contributed by atoms with Gasteiger partial charge in [0.05, 0.1) is 0 Å². The molecule has 0 bridgehead atoms. The van der Waals surface area contributed by atoms with Crippen LogP contribution in [0, 0.1) is 12.0 Å². The van der Waals surface area contributed by atoms with Crippen molar-refractivity contribution in [2.75, 3.05) is 6.54 Å². The zero-order valence-corrected chi connectivity index (χ0v) is 5.11. The van der Waals surface area contributed by atoms with Crippen LogP contribution in [0.4, 0.5) is 0 Å². The van der Waals surface area contributed by atoms with Crippen LogP contribution >= 0.6 is 0 Å². The Morgan fingerprint density at radius 2 is 1.88 bits per heavy atom. The molecule has 8 heavy (non-hydrogen) atoms. The maximum atomic E-state index is 3.22. The summed E-state index contributed by atoms with van der Waals surface area (Å²) in [5, 5.41) is 3.22. The summed E-state index contributed by atoms with van der Waals surface area (Å²) in [7, 11) is 0. The second-order valence-electron chi connectivity index (χ2n) is 3.09. The van der Waals surface area contributed by atoms with E-state index in [9.17, 15) is 0 Å². The van der Waals surface area contributed by atoms with Crippen LogP contribution in [-0.4, -0.2) is 6.54 Å². The standard InChI is InChI=1S/C7H12N/c1-2-4-7(3-1)5-8-6-7/h5,8H,1-4,6H2. The molecule has 45 valence electrons. The topological polar surface area (TPSA) is 12.0 Å². The highest BCUT2D eigenvalue weighted by molar-refractivity contribution is 5.04. The van der Waals surface area contributed by atoms with Crippen LogP contribution in [-0.2, 0) is 0 Å². The van der Waals surface area contributed by atoms with E-state index < -0.39 is 0 Å². The van der Waals surface area contributed by atoms with E-state index in [1.807, 2.05) is 0 Å². The van der Waals surface area contributed by atoms with Crippen molar-refractivity contribution in [3.8, 4) is 0 Å². The van der Waals surface area contributed by atoms with E-state index in [0.29, 0.717) is 5.41 Å². The van der Waals surface area contributed by atoms with E-state index in [2.05, 4.69) is 11.9 Å². The Morgan fingerprint density at radius 1 is 1.25 bits per heavy atom. The number of hydrogen-bond donors (Lipinski definition) is 1. The Hall–Kier alpha value is -0.0400. The summed E-state index contributed by atoms with van der Waals surface area (Å²) in [6.45, 7) is 3.55. The maximum absolute atomic E-state index is 3.22. The van der Waals surface area contributed by atoms with Crippen molar-refractivity contribution in [3.05, 3.63) is 6.54 Å². The van der Waals surface area contributed by atoms with Crippen LogP contribution < -0.4 is 5.32 Å². The van der Waals surface area contributed by atoms with Crippen molar-refractivity contribution >= 4 is 0 Å². The molecule has 0 unspecified atom stereocenters. The first kappa shape index (κ1) is 4.80. The molecule has 1 spiro atoms. The number of hydrogen-bond acceptors (Lipinski definition) is 1. The molecule has 1 saturated carbocycles. The van der Waals surface area contributed by atoms with Crippen molar-refractivity contribution in [1.82, 2.24) is 5.32 Å². The quantitative estimate of drug-likeness (QED) is 0.495. The van der Waals surface area contributed by atoms with Gasteiger partial charge in [-0.1, -0.05) is 12.8 Å². The smallest absolute Gasteiger partial charge is 0.0295 e. The van der Waals surface area contributed by atoms with Crippen molar-refractivity contribution in [2.45, 2.75) is 25.7 Å². The van der Waals surface area contributed by atoms with Crippen molar-refractivity contribution in [3.63, 3.8) is 0 Å². The highest BCUT2D eigenvalue weighted by atomic mass is 15.0. The summed E-state index contributed by atoms with van der Waals surface area (Å²) in [5.74, 6) is 0. The molecule has 0 amide bonds. The number of nitrogens with one attached hydrogen (secondary N) is 1. The van der Waals surface area contributed by atoms with Crippen molar-refractivity contribution in [1.29, 1.82) is 0 Å².